The predicted molar refractivity (Wildman–Crippen MR) is 132 cm³/mol. The molecule has 34 heavy (non-hydrogen) atoms. The summed E-state index contributed by atoms with van der Waals surface area (Å²) in [5.74, 6) is 1.32. The van der Waals surface area contributed by atoms with E-state index in [1.165, 1.54) is 38.8 Å². The molecule has 0 radical (unpaired) electrons. The van der Waals surface area contributed by atoms with Crippen molar-refractivity contribution in [3.8, 4) is 11.5 Å². The van der Waals surface area contributed by atoms with E-state index >= 15 is 0 Å². The van der Waals surface area contributed by atoms with Gasteiger partial charge in [-0.25, -0.2) is 0 Å². The number of carbonyl (C=O) groups is 1. The summed E-state index contributed by atoms with van der Waals surface area (Å²) >= 11 is 0. The number of likely N-dealkylation sites (tertiary alicyclic amines) is 2. The fourth-order valence-corrected chi connectivity index (χ4v) is 6.70. The third-order valence-corrected chi connectivity index (χ3v) is 8.92. The molecule has 1 aromatic carbocycles. The fraction of sp³-hybridized carbons (Fsp3) is 0.750. The Labute approximate surface area is 204 Å². The van der Waals surface area contributed by atoms with Crippen LogP contribution in [-0.2, 0) is 9.53 Å². The van der Waals surface area contributed by atoms with Gasteiger partial charge >= 0.3 is 0 Å². The van der Waals surface area contributed by atoms with Crippen LogP contribution in [0.2, 0.25) is 0 Å². The summed E-state index contributed by atoms with van der Waals surface area (Å²) in [5, 5.41) is 10.3. The number of para-hydroxylation sites is 1. The van der Waals surface area contributed by atoms with Crippen molar-refractivity contribution in [3.63, 3.8) is 0 Å². The number of rotatable bonds is 4. The molecule has 4 heterocycles. The molecule has 188 valence electrons. The normalized spacial score (nSPS) is 28.5. The predicted octanol–water partition coefficient (Wildman–Crippen LogP) is 4.91. The maximum atomic E-state index is 12.9. The molecule has 3 saturated heterocycles. The molecule has 0 saturated carbocycles. The fourth-order valence-electron chi connectivity index (χ4n) is 6.70. The second-order valence-electron chi connectivity index (χ2n) is 11.7. The first-order valence-electron chi connectivity index (χ1n) is 13.5. The van der Waals surface area contributed by atoms with Gasteiger partial charge in [0.2, 0.25) is 5.91 Å². The molecule has 6 heteroatoms. The number of amides is 1. The van der Waals surface area contributed by atoms with Gasteiger partial charge in [-0.05, 0) is 83.5 Å². The molecule has 0 bridgehead atoms. The van der Waals surface area contributed by atoms with E-state index in [4.69, 9.17) is 9.47 Å². The third-order valence-electron chi connectivity index (χ3n) is 8.92. The monoisotopic (exact) mass is 470 g/mol. The number of aromatic hydroxyl groups is 1. The quantitative estimate of drug-likeness (QED) is 0.678. The van der Waals surface area contributed by atoms with E-state index in [0.717, 1.165) is 57.5 Å². The van der Waals surface area contributed by atoms with Crippen LogP contribution in [0.5, 0.6) is 11.5 Å². The van der Waals surface area contributed by atoms with Crippen LogP contribution in [0.1, 0.15) is 83.3 Å². The molecule has 3 fully saturated rings. The van der Waals surface area contributed by atoms with Crippen LogP contribution in [0.15, 0.2) is 18.2 Å². The zero-order valence-electron chi connectivity index (χ0n) is 21.1. The Morgan fingerprint density at radius 1 is 1.09 bits per heavy atom. The zero-order chi connectivity index (χ0) is 23.8. The number of benzene rings is 1. The van der Waals surface area contributed by atoms with Gasteiger partial charge in [0.25, 0.3) is 0 Å². The summed E-state index contributed by atoms with van der Waals surface area (Å²) in [6, 6.07) is 5.57. The lowest BCUT2D eigenvalue weighted by molar-refractivity contribution is -0.176. The van der Waals surface area contributed by atoms with Crippen LogP contribution in [0.4, 0.5) is 0 Å². The lowest BCUT2D eigenvalue weighted by Gasteiger charge is -2.54. The molecular formula is C28H42N2O4. The van der Waals surface area contributed by atoms with E-state index in [2.05, 4.69) is 23.6 Å². The van der Waals surface area contributed by atoms with Gasteiger partial charge in [0, 0.05) is 31.0 Å². The highest BCUT2D eigenvalue weighted by molar-refractivity contribution is 5.76. The van der Waals surface area contributed by atoms with E-state index in [1.807, 2.05) is 12.1 Å². The van der Waals surface area contributed by atoms with Crippen molar-refractivity contribution in [2.45, 2.75) is 83.3 Å². The van der Waals surface area contributed by atoms with Gasteiger partial charge in [-0.15, -0.1) is 0 Å². The molecule has 1 amide bonds. The van der Waals surface area contributed by atoms with Gasteiger partial charge in [0.1, 0.15) is 5.60 Å². The molecule has 5 rings (SSSR count). The van der Waals surface area contributed by atoms with Gasteiger partial charge in [0.05, 0.1) is 12.7 Å². The first-order chi connectivity index (χ1) is 16.4. The Kier molecular flexibility index (Phi) is 6.82. The van der Waals surface area contributed by atoms with E-state index in [-0.39, 0.29) is 23.2 Å². The first-order valence-corrected chi connectivity index (χ1v) is 13.5. The Morgan fingerprint density at radius 2 is 1.82 bits per heavy atom. The van der Waals surface area contributed by atoms with Crippen molar-refractivity contribution in [1.29, 1.82) is 0 Å². The van der Waals surface area contributed by atoms with Crippen LogP contribution in [0, 0.1) is 11.3 Å². The van der Waals surface area contributed by atoms with Gasteiger partial charge in [-0.3, -0.25) is 4.79 Å². The van der Waals surface area contributed by atoms with Crippen LogP contribution >= 0.6 is 0 Å². The van der Waals surface area contributed by atoms with Gasteiger partial charge in [-0.1, -0.05) is 25.0 Å². The number of piperidine rings is 1. The Morgan fingerprint density at radius 3 is 2.56 bits per heavy atom. The summed E-state index contributed by atoms with van der Waals surface area (Å²) in [7, 11) is 0. The number of carbonyl (C=O) groups excluding carboxylic acids is 1. The van der Waals surface area contributed by atoms with Crippen molar-refractivity contribution in [1.82, 2.24) is 9.80 Å². The SMILES string of the molecule is CC1(C)Oc2c(O)cccc2[C@H]2OCC3(CCN(C(=O)CCCN4CCCCCC4)CC3)C[C@@H]21. The average Bonchev–Trinajstić information content (AvgIpc) is 3.09. The second kappa shape index (κ2) is 9.69. The summed E-state index contributed by atoms with van der Waals surface area (Å²) in [6.45, 7) is 10.1. The molecule has 4 aliphatic heterocycles. The number of hydrogen-bond acceptors (Lipinski definition) is 5. The highest BCUT2D eigenvalue weighted by atomic mass is 16.5. The van der Waals surface area contributed by atoms with E-state index < -0.39 is 5.60 Å². The Balaban J connectivity index is 1.15. The van der Waals surface area contributed by atoms with Crippen molar-refractivity contribution in [2.75, 3.05) is 39.3 Å². The summed E-state index contributed by atoms with van der Waals surface area (Å²) in [4.78, 5) is 17.6. The summed E-state index contributed by atoms with van der Waals surface area (Å²) < 4.78 is 12.8. The van der Waals surface area contributed by atoms with Crippen LogP contribution in [-0.4, -0.2) is 65.7 Å². The third kappa shape index (κ3) is 4.81. The van der Waals surface area contributed by atoms with Crippen molar-refractivity contribution in [2.24, 2.45) is 11.3 Å². The summed E-state index contributed by atoms with van der Waals surface area (Å²) in [5.41, 5.74) is 0.666. The molecule has 0 unspecified atom stereocenters. The Hall–Kier alpha value is -1.79. The van der Waals surface area contributed by atoms with Gasteiger partial charge < -0.3 is 24.4 Å². The Bertz CT molecular complexity index is 869. The van der Waals surface area contributed by atoms with Crippen molar-refractivity contribution < 1.29 is 19.4 Å². The van der Waals surface area contributed by atoms with Crippen molar-refractivity contribution in [3.05, 3.63) is 23.8 Å². The molecule has 1 N–H and O–H groups in total. The molecule has 4 aliphatic rings. The minimum absolute atomic E-state index is 0.0462. The molecule has 1 spiro atoms. The number of phenolic OH excluding ortho intramolecular Hbond substituents is 1. The van der Waals surface area contributed by atoms with E-state index in [1.54, 1.807) is 6.07 Å². The minimum Gasteiger partial charge on any atom is -0.504 e. The molecule has 0 aromatic heterocycles. The van der Waals surface area contributed by atoms with Crippen LogP contribution < -0.4 is 4.74 Å². The highest BCUT2D eigenvalue weighted by Gasteiger charge is 2.53. The smallest absolute Gasteiger partial charge is 0.222 e. The number of nitrogens with zero attached hydrogens (tertiary/aromatic N) is 2. The maximum absolute atomic E-state index is 12.9. The molecule has 0 aliphatic carbocycles. The zero-order valence-corrected chi connectivity index (χ0v) is 21.1. The summed E-state index contributed by atoms with van der Waals surface area (Å²) in [6.07, 6.45) is 9.96. The number of ether oxygens (including phenoxy) is 2. The molecule has 1 aromatic rings. The maximum Gasteiger partial charge on any atom is 0.222 e. The van der Waals surface area contributed by atoms with Crippen molar-refractivity contribution >= 4 is 5.91 Å². The molecule has 2 atom stereocenters. The topological polar surface area (TPSA) is 62.2 Å². The van der Waals surface area contributed by atoms with Crippen LogP contribution in [0.25, 0.3) is 0 Å². The lowest BCUT2D eigenvalue weighted by Crippen LogP contribution is -2.54. The number of fused-ring (bicyclic) bond motifs is 3. The lowest BCUT2D eigenvalue weighted by atomic mass is 9.64. The van der Waals surface area contributed by atoms with E-state index in [9.17, 15) is 9.90 Å². The highest BCUT2D eigenvalue weighted by Crippen LogP contribution is 2.56. The largest absolute Gasteiger partial charge is 0.504 e. The standard InChI is InChI=1S/C28H42N2O4/c1-27(2)22-19-28(20-33-25(22)21-9-7-10-23(31)26(21)34-27)12-17-30(18-13-28)24(32)11-8-16-29-14-5-3-4-6-15-29/h7,9-10,22,25,31H,3-6,8,11-20H2,1-2H3/t22-,25+/m0/s1. The first kappa shape index (κ1) is 23.9. The average molecular weight is 471 g/mol. The van der Waals surface area contributed by atoms with Crippen LogP contribution in [0.3, 0.4) is 0 Å². The molecule has 6 nitrogen and oxygen atoms in total. The van der Waals surface area contributed by atoms with Gasteiger partial charge in [0.15, 0.2) is 11.5 Å². The number of phenols is 1. The number of hydrogen-bond donors (Lipinski definition) is 1. The minimum atomic E-state index is -0.412. The second-order valence-corrected chi connectivity index (χ2v) is 11.7. The van der Waals surface area contributed by atoms with Gasteiger partial charge in [-0.2, -0.15) is 0 Å². The molecular weight excluding hydrogens is 428 g/mol. The van der Waals surface area contributed by atoms with E-state index in [0.29, 0.717) is 18.1 Å².